The monoisotopic (exact) mass is 193 g/mol. The van der Waals surface area contributed by atoms with Crippen molar-refractivity contribution in [3.63, 3.8) is 0 Å². The quantitative estimate of drug-likeness (QED) is 0.325. The van der Waals surface area contributed by atoms with Gasteiger partial charge in [-0.1, -0.05) is 18.0 Å². The Kier molecular flexibility index (Phi) is 2.43. The van der Waals surface area contributed by atoms with Crippen LogP contribution < -0.4 is 5.73 Å². The van der Waals surface area contributed by atoms with Crippen molar-refractivity contribution in [1.29, 1.82) is 0 Å². The van der Waals surface area contributed by atoms with Gasteiger partial charge in [0.25, 0.3) is 0 Å². The third-order valence-electron chi connectivity index (χ3n) is 2.87. The average molecular weight is 193 g/mol. The lowest BCUT2D eigenvalue weighted by atomic mass is 10.2. The molecule has 14 heavy (non-hydrogen) atoms. The van der Waals surface area contributed by atoms with Crippen molar-refractivity contribution in [2.75, 3.05) is 0 Å². The minimum Gasteiger partial charge on any atom is -0.409 e. The van der Waals surface area contributed by atoms with Gasteiger partial charge in [0.1, 0.15) is 0 Å². The molecule has 0 bridgehead atoms. The van der Waals surface area contributed by atoms with E-state index < -0.39 is 0 Å². The highest BCUT2D eigenvalue weighted by molar-refractivity contribution is 5.95. The summed E-state index contributed by atoms with van der Waals surface area (Å²) in [6.07, 6.45) is 6.95. The van der Waals surface area contributed by atoms with Gasteiger partial charge in [-0.25, -0.2) is 0 Å². The van der Waals surface area contributed by atoms with Gasteiger partial charge in [-0.3, -0.25) is 0 Å². The highest BCUT2D eigenvalue weighted by Gasteiger charge is 2.19. The molecule has 1 aromatic rings. The van der Waals surface area contributed by atoms with E-state index in [9.17, 15) is 0 Å². The topological polar surface area (TPSA) is 63.5 Å². The molecule has 4 heteroatoms. The molecular weight excluding hydrogens is 178 g/mol. The number of rotatable bonds is 2. The van der Waals surface area contributed by atoms with E-state index in [1.54, 1.807) is 0 Å². The first-order chi connectivity index (χ1) is 6.83. The Bertz CT molecular complexity index is 337. The molecule has 1 aliphatic rings. The summed E-state index contributed by atoms with van der Waals surface area (Å²) in [6.45, 7) is 0. The van der Waals surface area contributed by atoms with Crippen LogP contribution in [0.1, 0.15) is 37.4 Å². The Hall–Kier alpha value is -1.45. The molecule has 1 aromatic heterocycles. The molecule has 1 saturated carbocycles. The lowest BCUT2D eigenvalue weighted by Crippen LogP contribution is -2.19. The first kappa shape index (κ1) is 9.12. The van der Waals surface area contributed by atoms with E-state index in [-0.39, 0.29) is 5.84 Å². The highest BCUT2D eigenvalue weighted by Crippen LogP contribution is 2.30. The third kappa shape index (κ3) is 1.47. The van der Waals surface area contributed by atoms with E-state index in [0.717, 1.165) is 5.69 Å². The molecule has 0 spiro atoms. The Balaban J connectivity index is 2.29. The third-order valence-corrected chi connectivity index (χ3v) is 2.87. The van der Waals surface area contributed by atoms with E-state index in [1.807, 2.05) is 18.3 Å². The molecule has 0 atom stereocenters. The normalized spacial score (nSPS) is 19.0. The molecule has 2 rings (SSSR count). The minimum absolute atomic E-state index is 0.196. The lowest BCUT2D eigenvalue weighted by molar-refractivity contribution is 0.318. The number of amidine groups is 1. The van der Waals surface area contributed by atoms with Crippen molar-refractivity contribution in [1.82, 2.24) is 4.57 Å². The van der Waals surface area contributed by atoms with Crippen LogP contribution in [-0.4, -0.2) is 15.6 Å². The Morgan fingerprint density at radius 2 is 2.21 bits per heavy atom. The molecule has 76 valence electrons. The first-order valence-corrected chi connectivity index (χ1v) is 4.97. The lowest BCUT2D eigenvalue weighted by Gasteiger charge is -2.14. The number of hydrogen-bond acceptors (Lipinski definition) is 2. The van der Waals surface area contributed by atoms with E-state index in [2.05, 4.69) is 9.72 Å². The van der Waals surface area contributed by atoms with Gasteiger partial charge >= 0.3 is 0 Å². The van der Waals surface area contributed by atoms with Crippen LogP contribution in [0.3, 0.4) is 0 Å². The highest BCUT2D eigenvalue weighted by atomic mass is 16.4. The minimum atomic E-state index is 0.196. The predicted molar refractivity (Wildman–Crippen MR) is 54.4 cm³/mol. The van der Waals surface area contributed by atoms with Crippen molar-refractivity contribution in [2.45, 2.75) is 31.7 Å². The summed E-state index contributed by atoms with van der Waals surface area (Å²) >= 11 is 0. The zero-order valence-electron chi connectivity index (χ0n) is 8.06. The molecular formula is C10H15N3O. The summed E-state index contributed by atoms with van der Waals surface area (Å²) < 4.78 is 2.11. The molecule has 3 N–H and O–H groups in total. The number of nitrogens with zero attached hydrogens (tertiary/aromatic N) is 2. The fraction of sp³-hybridized carbons (Fsp3) is 0.500. The summed E-state index contributed by atoms with van der Waals surface area (Å²) in [5, 5.41) is 11.7. The molecule has 1 heterocycles. The van der Waals surface area contributed by atoms with E-state index >= 15 is 0 Å². The van der Waals surface area contributed by atoms with Crippen molar-refractivity contribution < 1.29 is 5.21 Å². The van der Waals surface area contributed by atoms with Crippen LogP contribution in [0, 0.1) is 0 Å². The smallest absolute Gasteiger partial charge is 0.186 e. The van der Waals surface area contributed by atoms with Gasteiger partial charge in [0.05, 0.1) is 5.69 Å². The van der Waals surface area contributed by atoms with Gasteiger partial charge in [-0.15, -0.1) is 0 Å². The van der Waals surface area contributed by atoms with Crippen molar-refractivity contribution in [3.8, 4) is 0 Å². The van der Waals surface area contributed by atoms with Crippen LogP contribution in [0.2, 0.25) is 0 Å². The van der Waals surface area contributed by atoms with Gasteiger partial charge in [-0.05, 0) is 25.0 Å². The van der Waals surface area contributed by atoms with E-state index in [1.165, 1.54) is 25.7 Å². The second-order valence-corrected chi connectivity index (χ2v) is 3.72. The fourth-order valence-electron chi connectivity index (χ4n) is 2.16. The van der Waals surface area contributed by atoms with Crippen LogP contribution in [0.5, 0.6) is 0 Å². The second kappa shape index (κ2) is 3.74. The molecule has 1 fully saturated rings. The maximum Gasteiger partial charge on any atom is 0.186 e. The van der Waals surface area contributed by atoms with Crippen LogP contribution in [-0.2, 0) is 0 Å². The summed E-state index contributed by atoms with van der Waals surface area (Å²) in [6, 6.07) is 4.35. The van der Waals surface area contributed by atoms with Gasteiger partial charge in [0, 0.05) is 12.2 Å². The van der Waals surface area contributed by atoms with Crippen molar-refractivity contribution >= 4 is 5.84 Å². The zero-order valence-corrected chi connectivity index (χ0v) is 8.06. The standard InChI is InChI=1S/C10H15N3O/c11-10(12-14)9-6-3-7-13(9)8-4-1-2-5-8/h3,6-8,14H,1-2,4-5H2,(H2,11,12). The van der Waals surface area contributed by atoms with Crippen LogP contribution in [0.15, 0.2) is 23.5 Å². The molecule has 1 aliphatic carbocycles. The Morgan fingerprint density at radius 3 is 2.86 bits per heavy atom. The van der Waals surface area contributed by atoms with Gasteiger partial charge in [0.15, 0.2) is 5.84 Å². The maximum atomic E-state index is 8.62. The largest absolute Gasteiger partial charge is 0.409 e. The summed E-state index contributed by atoms with van der Waals surface area (Å²) in [5.41, 5.74) is 6.41. The van der Waals surface area contributed by atoms with Crippen molar-refractivity contribution in [3.05, 3.63) is 24.0 Å². The number of hydrogen-bond donors (Lipinski definition) is 2. The zero-order chi connectivity index (χ0) is 9.97. The SMILES string of the molecule is N/C(=N/O)c1cccn1C1CCCC1. The van der Waals surface area contributed by atoms with Crippen molar-refractivity contribution in [2.24, 2.45) is 10.9 Å². The fourth-order valence-corrected chi connectivity index (χ4v) is 2.16. The number of aromatic nitrogens is 1. The van der Waals surface area contributed by atoms with Gasteiger partial charge in [-0.2, -0.15) is 0 Å². The van der Waals surface area contributed by atoms with E-state index in [0.29, 0.717) is 6.04 Å². The summed E-state index contributed by atoms with van der Waals surface area (Å²) in [4.78, 5) is 0. The molecule has 0 aliphatic heterocycles. The van der Waals surface area contributed by atoms with Crippen LogP contribution in [0.4, 0.5) is 0 Å². The maximum absolute atomic E-state index is 8.62. The van der Waals surface area contributed by atoms with Gasteiger partial charge < -0.3 is 15.5 Å². The predicted octanol–water partition coefficient (Wildman–Crippen LogP) is 1.70. The molecule has 0 amide bonds. The summed E-state index contributed by atoms with van der Waals surface area (Å²) in [7, 11) is 0. The first-order valence-electron chi connectivity index (χ1n) is 4.97. The Labute approximate surface area is 83.0 Å². The second-order valence-electron chi connectivity index (χ2n) is 3.72. The molecule has 0 aromatic carbocycles. The van der Waals surface area contributed by atoms with Gasteiger partial charge in [0.2, 0.25) is 0 Å². The van der Waals surface area contributed by atoms with E-state index in [4.69, 9.17) is 10.9 Å². The molecule has 4 nitrogen and oxygen atoms in total. The average Bonchev–Trinajstić information content (AvgIpc) is 2.85. The molecule has 0 saturated heterocycles. The number of oxime groups is 1. The van der Waals surface area contributed by atoms with Crippen LogP contribution >= 0.6 is 0 Å². The number of nitrogens with two attached hydrogens (primary N) is 1. The summed E-state index contributed by atoms with van der Waals surface area (Å²) in [5.74, 6) is 0.196. The molecule has 0 radical (unpaired) electrons. The van der Waals surface area contributed by atoms with Crippen LogP contribution in [0.25, 0.3) is 0 Å². The Morgan fingerprint density at radius 1 is 1.50 bits per heavy atom. The molecule has 0 unspecified atom stereocenters.